The Morgan fingerprint density at radius 1 is 0.633 bits per heavy atom. The van der Waals surface area contributed by atoms with Crippen molar-refractivity contribution in [1.29, 1.82) is 0 Å². The van der Waals surface area contributed by atoms with E-state index in [1.54, 1.807) is 0 Å². The Bertz CT molecular complexity index is 1010. The number of nitrogens with zero attached hydrogens (tertiary/aromatic N) is 1. The minimum atomic E-state index is 0.0705. The number of para-hydroxylation sites is 1. The number of hydrogen-bond donors (Lipinski definition) is 0. The van der Waals surface area contributed by atoms with Crippen molar-refractivity contribution in [2.45, 2.75) is 66.2 Å². The lowest BCUT2D eigenvalue weighted by atomic mass is 9.86. The van der Waals surface area contributed by atoms with Crippen molar-refractivity contribution in [3.05, 3.63) is 87.4 Å². The molecule has 0 aromatic heterocycles. The summed E-state index contributed by atoms with van der Waals surface area (Å²) in [6.07, 6.45) is 0. The Kier molecular flexibility index (Phi) is 6.20. The van der Waals surface area contributed by atoms with Crippen LogP contribution in [0, 0.1) is 13.8 Å². The molecule has 3 aromatic carbocycles. The number of rotatable bonds is 3. The summed E-state index contributed by atoms with van der Waals surface area (Å²) in [4.78, 5) is 2.40. The molecule has 30 heavy (non-hydrogen) atoms. The number of aryl methyl sites for hydroxylation is 2. The van der Waals surface area contributed by atoms with Gasteiger partial charge in [-0.1, -0.05) is 87.8 Å². The molecular formula is C28H34BrN. The van der Waals surface area contributed by atoms with Gasteiger partial charge in [-0.15, -0.1) is 0 Å². The van der Waals surface area contributed by atoms with Crippen LogP contribution >= 0.6 is 15.9 Å². The second kappa shape index (κ2) is 8.23. The largest absolute Gasteiger partial charge is 0.310 e. The fourth-order valence-corrected chi connectivity index (χ4v) is 4.29. The first kappa shape index (κ1) is 22.6. The fourth-order valence-electron chi connectivity index (χ4n) is 3.81. The van der Waals surface area contributed by atoms with Gasteiger partial charge in [0, 0.05) is 15.8 Å². The molecule has 0 spiro atoms. The molecule has 0 fully saturated rings. The van der Waals surface area contributed by atoms with Crippen LogP contribution < -0.4 is 4.90 Å². The van der Waals surface area contributed by atoms with E-state index >= 15 is 0 Å². The van der Waals surface area contributed by atoms with E-state index in [1.807, 2.05) is 0 Å². The summed E-state index contributed by atoms with van der Waals surface area (Å²) in [5.41, 5.74) is 9.01. The van der Waals surface area contributed by atoms with E-state index in [1.165, 1.54) is 39.3 Å². The van der Waals surface area contributed by atoms with Crippen LogP contribution in [0.5, 0.6) is 0 Å². The standard InChI is InChI=1S/C28H34BrN/c1-19-10-9-11-20(2)26(19)30(24-14-12-21(13-15-24)27(3,4)5)25-17-22(28(6,7)8)16-23(29)18-25/h9-18H,1-8H3. The molecule has 158 valence electrons. The van der Waals surface area contributed by atoms with Gasteiger partial charge in [-0.3, -0.25) is 0 Å². The lowest BCUT2D eigenvalue weighted by molar-refractivity contribution is 0.589. The maximum absolute atomic E-state index is 3.77. The Morgan fingerprint density at radius 2 is 1.17 bits per heavy atom. The van der Waals surface area contributed by atoms with Gasteiger partial charge in [-0.05, 0) is 77.3 Å². The maximum atomic E-state index is 3.77. The molecule has 0 saturated carbocycles. The Morgan fingerprint density at radius 3 is 1.67 bits per heavy atom. The van der Waals surface area contributed by atoms with E-state index in [2.05, 4.69) is 137 Å². The van der Waals surface area contributed by atoms with Gasteiger partial charge in [0.25, 0.3) is 0 Å². The van der Waals surface area contributed by atoms with Crippen LogP contribution in [0.25, 0.3) is 0 Å². The predicted molar refractivity (Wildman–Crippen MR) is 136 cm³/mol. The Labute approximate surface area is 191 Å². The van der Waals surface area contributed by atoms with Gasteiger partial charge >= 0.3 is 0 Å². The van der Waals surface area contributed by atoms with E-state index in [0.717, 1.165) is 4.47 Å². The molecular weight excluding hydrogens is 430 g/mol. The van der Waals surface area contributed by atoms with Crippen molar-refractivity contribution in [2.75, 3.05) is 4.90 Å². The van der Waals surface area contributed by atoms with Crippen molar-refractivity contribution < 1.29 is 0 Å². The quantitative estimate of drug-likeness (QED) is 0.374. The van der Waals surface area contributed by atoms with Crippen LogP contribution in [0.15, 0.2) is 65.1 Å². The molecule has 1 nitrogen and oxygen atoms in total. The first-order valence-electron chi connectivity index (χ1n) is 10.7. The third-order valence-corrected chi connectivity index (χ3v) is 6.12. The molecule has 0 bridgehead atoms. The van der Waals surface area contributed by atoms with E-state index in [-0.39, 0.29) is 10.8 Å². The van der Waals surface area contributed by atoms with Crippen molar-refractivity contribution in [3.8, 4) is 0 Å². The Hall–Kier alpha value is -2.06. The molecule has 0 heterocycles. The van der Waals surface area contributed by atoms with Crippen LogP contribution in [0.3, 0.4) is 0 Å². The van der Waals surface area contributed by atoms with Crippen molar-refractivity contribution in [1.82, 2.24) is 0 Å². The first-order valence-corrected chi connectivity index (χ1v) is 11.5. The van der Waals surface area contributed by atoms with Crippen molar-refractivity contribution >= 4 is 33.0 Å². The lowest BCUT2D eigenvalue weighted by Crippen LogP contribution is -2.17. The highest BCUT2D eigenvalue weighted by molar-refractivity contribution is 9.10. The second-order valence-electron chi connectivity index (χ2n) is 10.3. The number of benzene rings is 3. The molecule has 0 aliphatic carbocycles. The molecule has 0 unspecified atom stereocenters. The summed E-state index contributed by atoms with van der Waals surface area (Å²) in [7, 11) is 0. The van der Waals surface area contributed by atoms with Gasteiger partial charge in [0.2, 0.25) is 0 Å². The van der Waals surface area contributed by atoms with Gasteiger partial charge < -0.3 is 4.90 Å². The summed E-state index contributed by atoms with van der Waals surface area (Å²) in [6, 6.07) is 22.3. The molecule has 0 amide bonds. The monoisotopic (exact) mass is 463 g/mol. The van der Waals surface area contributed by atoms with Crippen LogP contribution in [0.2, 0.25) is 0 Å². The van der Waals surface area contributed by atoms with Crippen LogP contribution in [-0.4, -0.2) is 0 Å². The summed E-state index contributed by atoms with van der Waals surface area (Å²) in [5.74, 6) is 0. The third-order valence-electron chi connectivity index (χ3n) is 5.66. The van der Waals surface area contributed by atoms with E-state index in [4.69, 9.17) is 0 Å². The van der Waals surface area contributed by atoms with E-state index in [9.17, 15) is 0 Å². The summed E-state index contributed by atoms with van der Waals surface area (Å²) in [6.45, 7) is 18.0. The minimum Gasteiger partial charge on any atom is -0.310 e. The zero-order chi connectivity index (χ0) is 22.3. The van der Waals surface area contributed by atoms with Crippen molar-refractivity contribution in [3.63, 3.8) is 0 Å². The normalized spacial score (nSPS) is 12.2. The second-order valence-corrected chi connectivity index (χ2v) is 11.2. The molecule has 0 aliphatic heterocycles. The molecule has 3 rings (SSSR count). The van der Waals surface area contributed by atoms with Crippen LogP contribution in [0.1, 0.15) is 63.8 Å². The number of hydrogen-bond acceptors (Lipinski definition) is 1. The highest BCUT2D eigenvalue weighted by Gasteiger charge is 2.22. The molecule has 0 saturated heterocycles. The van der Waals surface area contributed by atoms with Gasteiger partial charge in [0.15, 0.2) is 0 Å². The summed E-state index contributed by atoms with van der Waals surface area (Å²) < 4.78 is 1.10. The van der Waals surface area contributed by atoms with Crippen LogP contribution in [0.4, 0.5) is 17.1 Å². The van der Waals surface area contributed by atoms with Gasteiger partial charge in [-0.25, -0.2) is 0 Å². The average molecular weight is 464 g/mol. The van der Waals surface area contributed by atoms with Gasteiger partial charge in [-0.2, -0.15) is 0 Å². The fraction of sp³-hybridized carbons (Fsp3) is 0.357. The first-order chi connectivity index (χ1) is 13.9. The zero-order valence-corrected chi connectivity index (χ0v) is 21.2. The lowest BCUT2D eigenvalue weighted by Gasteiger charge is -2.31. The summed E-state index contributed by atoms with van der Waals surface area (Å²) >= 11 is 3.77. The number of anilines is 3. The molecule has 0 aliphatic rings. The van der Waals surface area contributed by atoms with Crippen molar-refractivity contribution in [2.24, 2.45) is 0 Å². The van der Waals surface area contributed by atoms with E-state index in [0.29, 0.717) is 0 Å². The molecule has 0 radical (unpaired) electrons. The van der Waals surface area contributed by atoms with E-state index < -0.39 is 0 Å². The topological polar surface area (TPSA) is 3.24 Å². The molecule has 2 heteroatoms. The minimum absolute atomic E-state index is 0.0705. The maximum Gasteiger partial charge on any atom is 0.0519 e. The highest BCUT2D eigenvalue weighted by Crippen LogP contribution is 2.41. The van der Waals surface area contributed by atoms with Gasteiger partial charge in [0.1, 0.15) is 0 Å². The molecule has 3 aromatic rings. The summed E-state index contributed by atoms with van der Waals surface area (Å²) in [5, 5.41) is 0. The van der Waals surface area contributed by atoms with Crippen LogP contribution in [-0.2, 0) is 10.8 Å². The van der Waals surface area contributed by atoms with Gasteiger partial charge in [0.05, 0.1) is 5.69 Å². The zero-order valence-electron chi connectivity index (χ0n) is 19.6. The predicted octanol–water partition coefficient (Wildman–Crippen LogP) is 9.13. The average Bonchev–Trinajstić information content (AvgIpc) is 2.63. The molecule has 0 atom stereocenters. The highest BCUT2D eigenvalue weighted by atomic mass is 79.9. The SMILES string of the molecule is Cc1cccc(C)c1N(c1ccc(C(C)(C)C)cc1)c1cc(Br)cc(C(C)(C)C)c1. The number of halogens is 1. The third kappa shape index (κ3) is 4.81. The smallest absolute Gasteiger partial charge is 0.0519 e. The Balaban J connectivity index is 2.26. The molecule has 0 N–H and O–H groups in total.